The molecule has 0 radical (unpaired) electrons. The van der Waals surface area contributed by atoms with Gasteiger partial charge in [0.25, 0.3) is 0 Å². The van der Waals surface area contributed by atoms with Crippen LogP contribution in [0.3, 0.4) is 0 Å². The smallest absolute Gasteiger partial charge is 0.116 e. The number of benzene rings is 1. The molecular formula is C10H12IN3O2. The molecule has 2 aromatic rings. The Labute approximate surface area is 106 Å². The number of H-pyrrole nitrogens is 1. The zero-order chi connectivity index (χ0) is 11.5. The highest BCUT2D eigenvalue weighted by Crippen LogP contribution is 2.24. The first-order chi connectivity index (χ1) is 7.72. The van der Waals surface area contributed by atoms with Crippen molar-refractivity contribution in [3.63, 3.8) is 0 Å². The zero-order valence-corrected chi connectivity index (χ0v) is 10.6. The SMILES string of the molecule is OCC(O)CNc1cccc2c(I)[nH]nc12. The van der Waals surface area contributed by atoms with Crippen molar-refractivity contribution >= 4 is 39.2 Å². The number of para-hydroxylation sites is 1. The summed E-state index contributed by atoms with van der Waals surface area (Å²) < 4.78 is 0.985. The zero-order valence-electron chi connectivity index (χ0n) is 8.44. The number of aromatic nitrogens is 2. The fourth-order valence-electron chi connectivity index (χ4n) is 1.44. The van der Waals surface area contributed by atoms with E-state index in [0.29, 0.717) is 6.54 Å². The van der Waals surface area contributed by atoms with Gasteiger partial charge in [-0.05, 0) is 34.7 Å². The number of nitrogens with one attached hydrogen (secondary N) is 2. The van der Waals surface area contributed by atoms with Crippen LogP contribution < -0.4 is 5.32 Å². The van der Waals surface area contributed by atoms with E-state index in [1.165, 1.54) is 0 Å². The van der Waals surface area contributed by atoms with Crippen molar-refractivity contribution in [1.82, 2.24) is 10.2 Å². The molecule has 0 spiro atoms. The number of hydrogen-bond acceptors (Lipinski definition) is 4. The van der Waals surface area contributed by atoms with Gasteiger partial charge in [0.15, 0.2) is 0 Å². The molecule has 0 bridgehead atoms. The number of aliphatic hydroxyl groups excluding tert-OH is 2. The third-order valence-corrected chi connectivity index (χ3v) is 3.10. The number of rotatable bonds is 4. The topological polar surface area (TPSA) is 81.2 Å². The second-order valence-electron chi connectivity index (χ2n) is 3.46. The summed E-state index contributed by atoms with van der Waals surface area (Å²) >= 11 is 2.18. The highest BCUT2D eigenvalue weighted by atomic mass is 127. The third kappa shape index (κ3) is 2.28. The maximum absolute atomic E-state index is 9.25. The van der Waals surface area contributed by atoms with Crippen LogP contribution in [-0.4, -0.2) is 39.7 Å². The van der Waals surface area contributed by atoms with Crippen LogP contribution in [0.1, 0.15) is 0 Å². The molecule has 0 fully saturated rings. The fraction of sp³-hybridized carbons (Fsp3) is 0.300. The fourth-order valence-corrected chi connectivity index (χ4v) is 2.00. The summed E-state index contributed by atoms with van der Waals surface area (Å²) in [6.45, 7) is 0.0557. The standard InChI is InChI=1S/C10H12IN3O2/c11-10-7-2-1-3-8(9(7)13-14-10)12-4-6(16)5-15/h1-3,6,12,15-16H,4-5H2,(H,13,14). The molecule has 1 aromatic heterocycles. The van der Waals surface area contributed by atoms with Crippen molar-refractivity contribution in [2.24, 2.45) is 0 Å². The van der Waals surface area contributed by atoms with E-state index in [-0.39, 0.29) is 6.61 Å². The molecule has 4 N–H and O–H groups in total. The summed E-state index contributed by atoms with van der Waals surface area (Å²) in [7, 11) is 0. The molecule has 0 saturated carbocycles. The van der Waals surface area contributed by atoms with Gasteiger partial charge in [0, 0.05) is 11.9 Å². The van der Waals surface area contributed by atoms with Crippen LogP contribution in [0.2, 0.25) is 0 Å². The average molecular weight is 333 g/mol. The van der Waals surface area contributed by atoms with Crippen LogP contribution in [-0.2, 0) is 0 Å². The lowest BCUT2D eigenvalue weighted by Crippen LogP contribution is -2.23. The van der Waals surface area contributed by atoms with Crippen molar-refractivity contribution < 1.29 is 10.2 Å². The molecule has 1 atom stereocenters. The Balaban J connectivity index is 2.24. The molecule has 16 heavy (non-hydrogen) atoms. The molecule has 0 aliphatic rings. The van der Waals surface area contributed by atoms with Gasteiger partial charge in [0.2, 0.25) is 0 Å². The summed E-state index contributed by atoms with van der Waals surface area (Å²) in [6, 6.07) is 5.80. The maximum atomic E-state index is 9.25. The van der Waals surface area contributed by atoms with Crippen LogP contribution >= 0.6 is 22.6 Å². The molecule has 1 aromatic carbocycles. The van der Waals surface area contributed by atoms with Crippen molar-refractivity contribution in [2.75, 3.05) is 18.5 Å². The molecule has 6 heteroatoms. The average Bonchev–Trinajstić information content (AvgIpc) is 2.69. The van der Waals surface area contributed by atoms with Gasteiger partial charge in [-0.1, -0.05) is 6.07 Å². The van der Waals surface area contributed by atoms with Gasteiger partial charge in [-0.25, -0.2) is 0 Å². The lowest BCUT2D eigenvalue weighted by atomic mass is 10.2. The van der Waals surface area contributed by atoms with Crippen molar-refractivity contribution in [3.8, 4) is 0 Å². The number of fused-ring (bicyclic) bond motifs is 1. The summed E-state index contributed by atoms with van der Waals surface area (Å²) in [4.78, 5) is 0. The Hall–Kier alpha value is -0.860. The maximum Gasteiger partial charge on any atom is 0.116 e. The molecule has 0 amide bonds. The van der Waals surface area contributed by atoms with Crippen LogP contribution in [0.4, 0.5) is 5.69 Å². The van der Waals surface area contributed by atoms with Crippen molar-refractivity contribution in [3.05, 3.63) is 21.9 Å². The van der Waals surface area contributed by atoms with E-state index >= 15 is 0 Å². The summed E-state index contributed by atoms with van der Waals surface area (Å²) in [5, 5.41) is 29.2. The molecule has 5 nitrogen and oxygen atoms in total. The molecular weight excluding hydrogens is 321 g/mol. The minimum Gasteiger partial charge on any atom is -0.394 e. The van der Waals surface area contributed by atoms with Crippen LogP contribution in [0.25, 0.3) is 10.9 Å². The molecule has 0 aliphatic heterocycles. The van der Waals surface area contributed by atoms with E-state index < -0.39 is 6.10 Å². The number of nitrogens with zero attached hydrogens (tertiary/aromatic N) is 1. The van der Waals surface area contributed by atoms with Crippen molar-refractivity contribution in [2.45, 2.75) is 6.10 Å². The Kier molecular flexibility index (Phi) is 3.62. The second kappa shape index (κ2) is 4.98. The Morgan fingerprint density at radius 2 is 2.31 bits per heavy atom. The van der Waals surface area contributed by atoms with E-state index in [4.69, 9.17) is 5.11 Å². The molecule has 0 aliphatic carbocycles. The van der Waals surface area contributed by atoms with Crippen LogP contribution in [0.15, 0.2) is 18.2 Å². The molecule has 0 saturated heterocycles. The normalized spacial score (nSPS) is 12.9. The number of hydrogen-bond donors (Lipinski definition) is 4. The Morgan fingerprint density at radius 3 is 3.06 bits per heavy atom. The second-order valence-corrected chi connectivity index (χ2v) is 4.54. The number of aromatic amines is 1. The van der Waals surface area contributed by atoms with Gasteiger partial charge in [0.05, 0.1) is 18.4 Å². The largest absolute Gasteiger partial charge is 0.394 e. The highest BCUT2D eigenvalue weighted by Gasteiger charge is 2.08. The first-order valence-corrected chi connectivity index (χ1v) is 5.95. The van der Waals surface area contributed by atoms with Gasteiger partial charge >= 0.3 is 0 Å². The molecule has 2 rings (SSSR count). The van der Waals surface area contributed by atoms with Gasteiger partial charge < -0.3 is 15.5 Å². The summed E-state index contributed by atoms with van der Waals surface area (Å²) in [6.07, 6.45) is -0.756. The number of anilines is 1. The number of halogens is 1. The Bertz CT molecular complexity index is 486. The highest BCUT2D eigenvalue weighted by molar-refractivity contribution is 14.1. The van der Waals surface area contributed by atoms with E-state index in [0.717, 1.165) is 20.3 Å². The molecule has 86 valence electrons. The lowest BCUT2D eigenvalue weighted by Gasteiger charge is -2.10. The van der Waals surface area contributed by atoms with Crippen LogP contribution in [0.5, 0.6) is 0 Å². The Morgan fingerprint density at radius 1 is 1.50 bits per heavy atom. The summed E-state index contributed by atoms with van der Waals surface area (Å²) in [5.74, 6) is 0. The minimum atomic E-state index is -0.756. The van der Waals surface area contributed by atoms with Gasteiger partial charge in [-0.15, -0.1) is 0 Å². The summed E-state index contributed by atoms with van der Waals surface area (Å²) in [5.41, 5.74) is 1.70. The van der Waals surface area contributed by atoms with Crippen LogP contribution in [0, 0.1) is 3.70 Å². The third-order valence-electron chi connectivity index (χ3n) is 2.28. The van der Waals surface area contributed by atoms with E-state index in [9.17, 15) is 5.11 Å². The van der Waals surface area contributed by atoms with E-state index in [1.54, 1.807) is 0 Å². The lowest BCUT2D eigenvalue weighted by molar-refractivity contribution is 0.105. The number of aliphatic hydroxyl groups is 2. The van der Waals surface area contributed by atoms with Crippen molar-refractivity contribution in [1.29, 1.82) is 0 Å². The first kappa shape index (κ1) is 11.6. The predicted molar refractivity (Wildman–Crippen MR) is 70.4 cm³/mol. The minimum absolute atomic E-state index is 0.249. The first-order valence-electron chi connectivity index (χ1n) is 4.87. The predicted octanol–water partition coefficient (Wildman–Crippen LogP) is 0.933. The quantitative estimate of drug-likeness (QED) is 0.628. The molecule has 1 unspecified atom stereocenters. The molecule has 1 heterocycles. The van der Waals surface area contributed by atoms with Gasteiger partial charge in [-0.3, -0.25) is 5.10 Å². The van der Waals surface area contributed by atoms with E-state index in [1.807, 2.05) is 18.2 Å². The van der Waals surface area contributed by atoms with E-state index in [2.05, 4.69) is 38.1 Å². The van der Waals surface area contributed by atoms with Gasteiger partial charge in [-0.2, -0.15) is 5.10 Å². The monoisotopic (exact) mass is 333 g/mol. The van der Waals surface area contributed by atoms with Gasteiger partial charge in [0.1, 0.15) is 9.22 Å².